The summed E-state index contributed by atoms with van der Waals surface area (Å²) in [6, 6.07) is 17.1. The van der Waals surface area contributed by atoms with Crippen molar-refractivity contribution in [2.75, 3.05) is 0 Å². The van der Waals surface area contributed by atoms with Gasteiger partial charge in [0.25, 0.3) is 0 Å². The van der Waals surface area contributed by atoms with Gasteiger partial charge in [0.2, 0.25) is 0 Å². The maximum Gasteiger partial charge on any atom is 0.303 e. The van der Waals surface area contributed by atoms with Crippen molar-refractivity contribution in [2.24, 2.45) is 5.73 Å². The van der Waals surface area contributed by atoms with Gasteiger partial charge in [-0.25, -0.2) is 0 Å². The van der Waals surface area contributed by atoms with Crippen molar-refractivity contribution >= 4 is 11.8 Å². The van der Waals surface area contributed by atoms with E-state index in [4.69, 9.17) is 16.2 Å². The van der Waals surface area contributed by atoms with Gasteiger partial charge in [-0.2, -0.15) is 5.10 Å². The van der Waals surface area contributed by atoms with Crippen LogP contribution in [0.1, 0.15) is 17.5 Å². The molecule has 0 atom stereocenters. The van der Waals surface area contributed by atoms with Crippen molar-refractivity contribution in [1.82, 2.24) is 10.2 Å². The Labute approximate surface area is 144 Å². The fourth-order valence-corrected chi connectivity index (χ4v) is 2.54. The first kappa shape index (κ1) is 16.4. The molecule has 1 aromatic heterocycles. The van der Waals surface area contributed by atoms with Crippen molar-refractivity contribution in [1.29, 1.82) is 5.41 Å². The van der Waals surface area contributed by atoms with Crippen LogP contribution in [-0.2, 0) is 11.2 Å². The number of nitrogens with zero attached hydrogens (tertiary/aromatic N) is 1. The predicted molar refractivity (Wildman–Crippen MR) is 96.4 cm³/mol. The number of benzene rings is 2. The highest BCUT2D eigenvalue weighted by Crippen LogP contribution is 2.24. The van der Waals surface area contributed by atoms with E-state index in [0.717, 1.165) is 28.1 Å². The zero-order valence-electron chi connectivity index (χ0n) is 13.5. The highest BCUT2D eigenvalue weighted by atomic mass is 16.4. The number of aromatic amines is 1. The lowest BCUT2D eigenvalue weighted by atomic mass is 10.0. The Kier molecular flexibility index (Phi) is 4.61. The van der Waals surface area contributed by atoms with Crippen LogP contribution in [0.4, 0.5) is 0 Å². The Balaban J connectivity index is 1.76. The molecular weight excluding hydrogens is 316 g/mol. The van der Waals surface area contributed by atoms with E-state index >= 15 is 0 Å². The monoisotopic (exact) mass is 334 g/mol. The molecule has 25 heavy (non-hydrogen) atoms. The fraction of sp³-hybridized carbons (Fsp3) is 0.105. The minimum atomic E-state index is -0.793. The lowest BCUT2D eigenvalue weighted by molar-refractivity contribution is -0.136. The van der Waals surface area contributed by atoms with E-state index in [0.29, 0.717) is 12.0 Å². The van der Waals surface area contributed by atoms with Gasteiger partial charge in [-0.1, -0.05) is 48.5 Å². The van der Waals surface area contributed by atoms with Gasteiger partial charge in [-0.05, 0) is 23.6 Å². The molecule has 0 amide bonds. The Morgan fingerprint density at radius 3 is 2.32 bits per heavy atom. The van der Waals surface area contributed by atoms with Crippen LogP contribution in [-0.4, -0.2) is 27.1 Å². The summed E-state index contributed by atoms with van der Waals surface area (Å²) in [7, 11) is 0. The molecule has 0 spiro atoms. The molecule has 0 fully saturated rings. The third kappa shape index (κ3) is 3.92. The zero-order valence-corrected chi connectivity index (χ0v) is 13.5. The van der Waals surface area contributed by atoms with Gasteiger partial charge in [-0.15, -0.1) is 0 Å². The van der Waals surface area contributed by atoms with Crippen molar-refractivity contribution < 1.29 is 9.90 Å². The van der Waals surface area contributed by atoms with Gasteiger partial charge in [0, 0.05) is 17.5 Å². The normalized spacial score (nSPS) is 10.6. The molecule has 0 unspecified atom stereocenters. The molecule has 0 saturated carbocycles. The quantitative estimate of drug-likeness (QED) is 0.409. The third-order valence-electron chi connectivity index (χ3n) is 3.96. The van der Waals surface area contributed by atoms with Crippen LogP contribution in [0, 0.1) is 5.41 Å². The van der Waals surface area contributed by atoms with Crippen LogP contribution in [0.25, 0.3) is 22.5 Å². The molecular formula is C19H18N4O2. The predicted octanol–water partition coefficient (Wildman–Crippen LogP) is 3.04. The number of nitrogens with two attached hydrogens (primary N) is 1. The first-order valence-corrected chi connectivity index (χ1v) is 7.84. The largest absolute Gasteiger partial charge is 0.481 e. The van der Waals surface area contributed by atoms with E-state index in [1.165, 1.54) is 0 Å². The van der Waals surface area contributed by atoms with Gasteiger partial charge < -0.3 is 10.8 Å². The van der Waals surface area contributed by atoms with E-state index in [2.05, 4.69) is 10.2 Å². The number of aryl methyl sites for hydroxylation is 1. The van der Waals surface area contributed by atoms with Crippen LogP contribution in [0.3, 0.4) is 0 Å². The first-order chi connectivity index (χ1) is 12.0. The molecule has 6 heteroatoms. The summed E-state index contributed by atoms with van der Waals surface area (Å²) >= 11 is 0. The van der Waals surface area contributed by atoms with Gasteiger partial charge in [0.05, 0.1) is 11.4 Å². The molecule has 6 nitrogen and oxygen atoms in total. The summed E-state index contributed by atoms with van der Waals surface area (Å²) in [5.74, 6) is -0.754. The molecule has 3 aromatic rings. The molecule has 0 aliphatic heterocycles. The summed E-state index contributed by atoms with van der Waals surface area (Å²) < 4.78 is 0. The molecule has 0 aliphatic carbocycles. The highest BCUT2D eigenvalue weighted by Gasteiger charge is 2.07. The summed E-state index contributed by atoms with van der Waals surface area (Å²) in [6.07, 6.45) is 0.649. The van der Waals surface area contributed by atoms with Crippen molar-refractivity contribution in [2.45, 2.75) is 12.8 Å². The van der Waals surface area contributed by atoms with E-state index in [1.807, 2.05) is 42.5 Å². The zero-order chi connectivity index (χ0) is 17.8. The summed E-state index contributed by atoms with van der Waals surface area (Å²) in [5, 5.41) is 23.5. The topological polar surface area (TPSA) is 116 Å². The number of amidine groups is 1. The summed E-state index contributed by atoms with van der Waals surface area (Å²) in [4.78, 5) is 10.6. The van der Waals surface area contributed by atoms with Crippen LogP contribution in [0.2, 0.25) is 0 Å². The van der Waals surface area contributed by atoms with Crippen LogP contribution in [0.5, 0.6) is 0 Å². The van der Waals surface area contributed by atoms with Gasteiger partial charge in [-0.3, -0.25) is 15.3 Å². The number of H-pyrrole nitrogens is 1. The maximum absolute atomic E-state index is 10.6. The molecule has 5 N–H and O–H groups in total. The first-order valence-electron chi connectivity index (χ1n) is 7.84. The molecule has 0 saturated heterocycles. The molecule has 1 heterocycles. The van der Waals surface area contributed by atoms with Gasteiger partial charge in [0.1, 0.15) is 5.84 Å². The number of aromatic nitrogens is 2. The second kappa shape index (κ2) is 7.00. The number of hydrogen-bond donors (Lipinski definition) is 4. The maximum atomic E-state index is 10.6. The lowest BCUT2D eigenvalue weighted by Crippen LogP contribution is -2.10. The molecule has 126 valence electrons. The molecule has 0 aliphatic rings. The summed E-state index contributed by atoms with van der Waals surface area (Å²) in [6.45, 7) is 0. The smallest absolute Gasteiger partial charge is 0.303 e. The van der Waals surface area contributed by atoms with Gasteiger partial charge >= 0.3 is 5.97 Å². The second-order valence-electron chi connectivity index (χ2n) is 5.75. The highest BCUT2D eigenvalue weighted by molar-refractivity contribution is 5.95. The number of rotatable bonds is 6. The fourth-order valence-electron chi connectivity index (χ4n) is 2.54. The van der Waals surface area contributed by atoms with Crippen molar-refractivity contribution in [3.63, 3.8) is 0 Å². The van der Waals surface area contributed by atoms with Crippen molar-refractivity contribution in [3.8, 4) is 22.5 Å². The Morgan fingerprint density at radius 2 is 1.72 bits per heavy atom. The Morgan fingerprint density at radius 1 is 1.08 bits per heavy atom. The molecule has 0 radical (unpaired) electrons. The number of carbonyl (C=O) groups is 1. The number of aliphatic carboxylic acids is 1. The van der Waals surface area contributed by atoms with E-state index in [9.17, 15) is 4.79 Å². The minimum absolute atomic E-state index is 0.0391. The van der Waals surface area contributed by atoms with Crippen molar-refractivity contribution in [3.05, 3.63) is 65.7 Å². The average molecular weight is 334 g/mol. The molecule has 3 rings (SSSR count). The summed E-state index contributed by atoms with van der Waals surface area (Å²) in [5.41, 5.74) is 10.7. The standard InChI is InChI=1S/C19H18N4O2/c20-19(21)15-8-6-14(7-9-15)17-11-16(22-23-17)13-4-1-12(2-5-13)3-10-18(24)25/h1-2,4-9,11H,3,10H2,(H3,20,21)(H,22,23)(H,24,25). The number of nitrogen functional groups attached to an aromatic ring is 1. The van der Waals surface area contributed by atoms with Crippen LogP contribution >= 0.6 is 0 Å². The average Bonchev–Trinajstić information content (AvgIpc) is 3.10. The number of carboxylic acids is 1. The Hall–Kier alpha value is -3.41. The second-order valence-corrected chi connectivity index (χ2v) is 5.75. The molecule has 2 aromatic carbocycles. The van der Waals surface area contributed by atoms with Crippen LogP contribution in [0.15, 0.2) is 54.6 Å². The van der Waals surface area contributed by atoms with Crippen LogP contribution < -0.4 is 5.73 Å². The van der Waals surface area contributed by atoms with E-state index < -0.39 is 5.97 Å². The number of carboxylic acid groups (broad SMARTS) is 1. The third-order valence-corrected chi connectivity index (χ3v) is 3.96. The van der Waals surface area contributed by atoms with E-state index in [-0.39, 0.29) is 12.3 Å². The SMILES string of the molecule is N=C(N)c1ccc(-c2cc(-c3ccc(CCC(=O)O)cc3)[nH]n2)cc1. The number of hydrogen-bond acceptors (Lipinski definition) is 3. The Bertz CT molecular complexity index is 896. The number of nitrogens with one attached hydrogen (secondary N) is 2. The molecule has 0 bridgehead atoms. The minimum Gasteiger partial charge on any atom is -0.481 e. The van der Waals surface area contributed by atoms with E-state index in [1.54, 1.807) is 12.1 Å². The lowest BCUT2D eigenvalue weighted by Gasteiger charge is -2.01. The van der Waals surface area contributed by atoms with Gasteiger partial charge in [0.15, 0.2) is 0 Å².